The Bertz CT molecular complexity index is 4770. The largest absolute Gasteiger partial charge is 2.00 e. The molecule has 336 valence electrons. The summed E-state index contributed by atoms with van der Waals surface area (Å²) in [6.45, 7) is 4.60. The third kappa shape index (κ3) is 5.25. The van der Waals surface area contributed by atoms with Crippen LogP contribution in [-0.2, 0) is 25.8 Å². The molecule has 6 aromatic heterocycles. The van der Waals surface area contributed by atoms with E-state index in [4.69, 9.17) is 14.7 Å². The van der Waals surface area contributed by atoms with Crippen molar-refractivity contribution in [1.29, 1.82) is 0 Å². The van der Waals surface area contributed by atoms with E-state index in [9.17, 15) is 0 Å². The molecule has 15 aromatic rings. The summed E-state index contributed by atoms with van der Waals surface area (Å²) in [6.07, 6.45) is 1.87. The van der Waals surface area contributed by atoms with E-state index in [1.165, 1.54) is 43.6 Å². The van der Waals surface area contributed by atoms with Gasteiger partial charge in [0, 0.05) is 66.9 Å². The number of fused-ring (bicyclic) bond motifs is 22. The third-order valence-electron chi connectivity index (χ3n) is 15.2. The number of hydrogen-bond donors (Lipinski definition) is 0. The molecule has 0 aliphatic carbocycles. The molecule has 0 N–H and O–H groups in total. The molecule has 8 heteroatoms. The standard InChI is InChI=1S/C63H38N6O.Pd/c1-63(2)47-33-31-40(36-53(47)69-57-42(23-15-25-48(57)63)43-24-16-34-64-61(43)69)70-39-30-32-41-46(35-39)62-65-49-26-11-14-29-52(49)68(62)60-54(41)58-55(44-21-9-12-27-50(44)66(58)37-17-5-3-6-18-37)59-56(60)45-22-10-13-28-51(45)67(59)38-19-7-4-8-20-38;/h3-34H,1-2H3;/q-2;+2. The van der Waals surface area contributed by atoms with Crippen LogP contribution >= 0.6 is 0 Å². The Kier molecular flexibility index (Phi) is 8.24. The average Bonchev–Trinajstić information content (AvgIpc) is 4.16. The van der Waals surface area contributed by atoms with Gasteiger partial charge in [-0.05, 0) is 77.0 Å². The molecule has 0 unspecified atom stereocenters. The zero-order valence-corrected chi connectivity index (χ0v) is 39.9. The Hall–Kier alpha value is -8.54. The summed E-state index contributed by atoms with van der Waals surface area (Å²) in [5.41, 5.74) is 15.8. The van der Waals surface area contributed by atoms with Gasteiger partial charge in [0.1, 0.15) is 5.65 Å². The second kappa shape index (κ2) is 14.5. The summed E-state index contributed by atoms with van der Waals surface area (Å²) in [7, 11) is 0. The molecule has 0 saturated heterocycles. The van der Waals surface area contributed by atoms with Gasteiger partial charge in [0.15, 0.2) is 0 Å². The number of aromatic nitrogens is 6. The molecule has 0 bridgehead atoms. The molecular weight excluding hydrogens is 963 g/mol. The molecule has 0 amide bonds. The maximum Gasteiger partial charge on any atom is 2.00 e. The fourth-order valence-electron chi connectivity index (χ4n) is 12.3. The van der Waals surface area contributed by atoms with Crippen LogP contribution in [0, 0.1) is 12.1 Å². The molecule has 0 saturated carbocycles. The van der Waals surface area contributed by atoms with Gasteiger partial charge in [-0.3, -0.25) is 4.98 Å². The van der Waals surface area contributed by atoms with Crippen LogP contribution < -0.4 is 4.74 Å². The number of hydrogen-bond acceptors (Lipinski definition) is 3. The Morgan fingerprint density at radius 1 is 0.437 bits per heavy atom. The Balaban J connectivity index is 0.00000452. The van der Waals surface area contributed by atoms with Crippen LogP contribution in [0.25, 0.3) is 121 Å². The number of ether oxygens (including phenoxy) is 1. The molecule has 7 nitrogen and oxygen atoms in total. The van der Waals surface area contributed by atoms with Crippen molar-refractivity contribution >= 4 is 104 Å². The Morgan fingerprint density at radius 3 is 1.73 bits per heavy atom. The predicted molar refractivity (Wildman–Crippen MR) is 285 cm³/mol. The number of pyridine rings is 2. The van der Waals surface area contributed by atoms with Crippen molar-refractivity contribution in [1.82, 2.24) is 28.1 Å². The van der Waals surface area contributed by atoms with Crippen LogP contribution in [0.3, 0.4) is 0 Å². The Morgan fingerprint density at radius 2 is 1.01 bits per heavy atom. The average molecular weight is 1000 g/mol. The van der Waals surface area contributed by atoms with Crippen LogP contribution in [0.2, 0.25) is 0 Å². The Labute approximate surface area is 420 Å². The summed E-state index contributed by atoms with van der Waals surface area (Å²) < 4.78 is 16.5. The first-order valence-corrected chi connectivity index (χ1v) is 23.8. The first-order chi connectivity index (χ1) is 34.5. The molecule has 7 heterocycles. The summed E-state index contributed by atoms with van der Waals surface area (Å²) in [6, 6.07) is 74.7. The van der Waals surface area contributed by atoms with Crippen LogP contribution in [0.4, 0.5) is 0 Å². The predicted octanol–water partition coefficient (Wildman–Crippen LogP) is 15.5. The van der Waals surface area contributed by atoms with E-state index in [1.54, 1.807) is 0 Å². The smallest absolute Gasteiger partial charge is 0.503 e. The SMILES string of the molecule is CC1(C)c2ccc(Oc3[c-]c4c(cc3)c3c5c(c6ccccc6n5-c5ccccc5)c5c(c6ccccc6n5-c5ccccc5)c3n3c5ccccc5nc43)[c-]c2-n2c3ncccc3c3cccc1c32.[Pd+2]. The number of imidazole rings is 1. The van der Waals surface area contributed by atoms with E-state index >= 15 is 0 Å². The summed E-state index contributed by atoms with van der Waals surface area (Å²) in [5, 5.41) is 10.0. The maximum absolute atomic E-state index is 6.95. The summed E-state index contributed by atoms with van der Waals surface area (Å²) in [5.74, 6) is 1.18. The number of nitrogens with zero attached hydrogens (tertiary/aromatic N) is 6. The molecule has 0 spiro atoms. The quantitative estimate of drug-likeness (QED) is 0.100. The second-order valence-corrected chi connectivity index (χ2v) is 19.1. The van der Waals surface area contributed by atoms with E-state index in [0.717, 1.165) is 88.5 Å². The number of benzene rings is 9. The van der Waals surface area contributed by atoms with Gasteiger partial charge in [0.25, 0.3) is 0 Å². The van der Waals surface area contributed by atoms with Crippen LogP contribution in [0.15, 0.2) is 194 Å². The minimum absolute atomic E-state index is 0. The van der Waals surface area contributed by atoms with Gasteiger partial charge in [0.05, 0.1) is 44.3 Å². The van der Waals surface area contributed by atoms with Gasteiger partial charge < -0.3 is 22.8 Å². The number of rotatable bonds is 4. The molecule has 16 rings (SSSR count). The summed E-state index contributed by atoms with van der Waals surface area (Å²) >= 11 is 0. The molecule has 9 aromatic carbocycles. The van der Waals surface area contributed by atoms with Gasteiger partial charge in [-0.2, -0.15) is 6.07 Å². The van der Waals surface area contributed by atoms with Crippen molar-refractivity contribution in [2.45, 2.75) is 19.3 Å². The van der Waals surface area contributed by atoms with Crippen molar-refractivity contribution in [3.8, 4) is 28.6 Å². The van der Waals surface area contributed by atoms with Gasteiger partial charge in [-0.15, -0.1) is 29.8 Å². The molecule has 71 heavy (non-hydrogen) atoms. The normalized spacial score (nSPS) is 13.2. The van der Waals surface area contributed by atoms with Crippen molar-refractivity contribution in [3.05, 3.63) is 218 Å². The van der Waals surface area contributed by atoms with E-state index in [2.05, 4.69) is 220 Å². The second-order valence-electron chi connectivity index (χ2n) is 19.1. The van der Waals surface area contributed by atoms with Crippen LogP contribution in [-0.4, -0.2) is 28.1 Å². The van der Waals surface area contributed by atoms with Crippen molar-refractivity contribution in [2.24, 2.45) is 0 Å². The fourth-order valence-corrected chi connectivity index (χ4v) is 12.3. The van der Waals surface area contributed by atoms with Crippen molar-refractivity contribution < 1.29 is 25.2 Å². The van der Waals surface area contributed by atoms with E-state index in [0.29, 0.717) is 11.5 Å². The number of para-hydroxylation sites is 7. The fraction of sp³-hybridized carbons (Fsp3) is 0.0476. The molecule has 0 radical (unpaired) electrons. The molecule has 0 atom stereocenters. The van der Waals surface area contributed by atoms with Gasteiger partial charge >= 0.3 is 20.4 Å². The van der Waals surface area contributed by atoms with Crippen molar-refractivity contribution in [2.75, 3.05) is 0 Å². The molecule has 0 fully saturated rings. The molecule has 1 aliphatic rings. The molecule has 1 aliphatic heterocycles. The van der Waals surface area contributed by atoms with E-state index in [1.807, 2.05) is 18.3 Å². The monoisotopic (exact) mass is 1000 g/mol. The van der Waals surface area contributed by atoms with Crippen LogP contribution in [0.1, 0.15) is 25.0 Å². The maximum atomic E-state index is 6.95. The van der Waals surface area contributed by atoms with Gasteiger partial charge in [-0.1, -0.05) is 140 Å². The van der Waals surface area contributed by atoms with Crippen molar-refractivity contribution in [3.63, 3.8) is 0 Å². The first-order valence-electron chi connectivity index (χ1n) is 23.8. The van der Waals surface area contributed by atoms with Crippen LogP contribution in [0.5, 0.6) is 11.5 Å². The van der Waals surface area contributed by atoms with Gasteiger partial charge in [0.2, 0.25) is 0 Å². The minimum Gasteiger partial charge on any atom is -0.503 e. The summed E-state index contributed by atoms with van der Waals surface area (Å²) in [4.78, 5) is 10.4. The zero-order chi connectivity index (χ0) is 46.0. The van der Waals surface area contributed by atoms with E-state index < -0.39 is 0 Å². The third-order valence-corrected chi connectivity index (χ3v) is 15.2. The minimum atomic E-state index is -0.273. The first kappa shape index (κ1) is 40.4. The van der Waals surface area contributed by atoms with Gasteiger partial charge in [-0.25, -0.2) is 4.98 Å². The molecular formula is C63H38N6OPd. The topological polar surface area (TPSA) is 54.2 Å². The zero-order valence-electron chi connectivity index (χ0n) is 38.4. The van der Waals surface area contributed by atoms with E-state index in [-0.39, 0.29) is 25.8 Å².